The number of anilines is 1. The molecule has 3 rings (SSSR count). The molecule has 0 radical (unpaired) electrons. The zero-order valence-corrected chi connectivity index (χ0v) is 12.1. The van der Waals surface area contributed by atoms with Crippen LogP contribution in [0.3, 0.4) is 0 Å². The van der Waals surface area contributed by atoms with Gasteiger partial charge < -0.3 is 5.32 Å². The van der Waals surface area contributed by atoms with Crippen molar-refractivity contribution in [2.24, 2.45) is 0 Å². The van der Waals surface area contributed by atoms with E-state index in [2.05, 4.69) is 40.8 Å². The molecule has 0 bridgehead atoms. The number of aromatic nitrogens is 5. The lowest BCUT2D eigenvalue weighted by Crippen LogP contribution is -2.05. The first-order chi connectivity index (χ1) is 10.2. The minimum Gasteiger partial charge on any atom is -0.379 e. The highest BCUT2D eigenvalue weighted by atomic mass is 15.4. The number of rotatable bonds is 5. The van der Waals surface area contributed by atoms with E-state index < -0.39 is 0 Å². The monoisotopic (exact) mass is 282 g/mol. The molecule has 0 saturated heterocycles. The number of nitrogens with one attached hydrogen (secondary N) is 1. The van der Waals surface area contributed by atoms with E-state index in [9.17, 15) is 0 Å². The summed E-state index contributed by atoms with van der Waals surface area (Å²) >= 11 is 0. The third kappa shape index (κ3) is 2.94. The van der Waals surface area contributed by atoms with Gasteiger partial charge in [-0.1, -0.05) is 17.3 Å². The van der Waals surface area contributed by atoms with Crippen LogP contribution in [0.5, 0.6) is 0 Å². The highest BCUT2D eigenvalue weighted by Gasteiger charge is 2.06. The lowest BCUT2D eigenvalue weighted by Gasteiger charge is -2.10. The Morgan fingerprint density at radius 3 is 2.81 bits per heavy atom. The van der Waals surface area contributed by atoms with E-state index >= 15 is 0 Å². The van der Waals surface area contributed by atoms with Crippen LogP contribution in [0.4, 0.5) is 5.69 Å². The fourth-order valence-electron chi connectivity index (χ4n) is 2.11. The molecule has 6 nitrogen and oxygen atoms in total. The van der Waals surface area contributed by atoms with Crippen LogP contribution in [-0.2, 0) is 6.54 Å². The summed E-state index contributed by atoms with van der Waals surface area (Å²) in [5, 5.41) is 15.7. The highest BCUT2D eigenvalue weighted by molar-refractivity contribution is 5.60. The Labute approximate surface area is 123 Å². The molecule has 0 aliphatic carbocycles. The summed E-state index contributed by atoms with van der Waals surface area (Å²) < 4.78 is 3.71. The Morgan fingerprint density at radius 1 is 1.24 bits per heavy atom. The summed E-state index contributed by atoms with van der Waals surface area (Å²) in [4.78, 5) is 0. The molecule has 6 heteroatoms. The molecule has 0 unspecified atom stereocenters. The van der Waals surface area contributed by atoms with Crippen LogP contribution in [0.1, 0.15) is 25.5 Å². The Kier molecular flexibility index (Phi) is 3.68. The molecule has 0 aliphatic heterocycles. The fourth-order valence-corrected chi connectivity index (χ4v) is 2.11. The van der Waals surface area contributed by atoms with Gasteiger partial charge in [0, 0.05) is 24.3 Å². The zero-order valence-electron chi connectivity index (χ0n) is 12.1. The molecule has 0 spiro atoms. The van der Waals surface area contributed by atoms with Gasteiger partial charge in [-0.05, 0) is 26.0 Å². The van der Waals surface area contributed by atoms with E-state index in [1.165, 1.54) is 0 Å². The average molecular weight is 282 g/mol. The lowest BCUT2D eigenvalue weighted by molar-refractivity contribution is 0.532. The highest BCUT2D eigenvalue weighted by Crippen LogP contribution is 2.19. The first-order valence-corrected chi connectivity index (χ1v) is 6.96. The maximum absolute atomic E-state index is 4.35. The topological polar surface area (TPSA) is 60.6 Å². The second kappa shape index (κ2) is 5.78. The Bertz CT molecular complexity index is 699. The summed E-state index contributed by atoms with van der Waals surface area (Å²) in [6, 6.07) is 8.40. The Hall–Kier alpha value is -2.63. The summed E-state index contributed by atoms with van der Waals surface area (Å²) in [7, 11) is 0. The Balaban J connectivity index is 1.76. The number of benzene rings is 1. The molecular weight excluding hydrogens is 264 g/mol. The van der Waals surface area contributed by atoms with Gasteiger partial charge in [-0.3, -0.25) is 4.68 Å². The molecular formula is C15H18N6. The maximum atomic E-state index is 4.35. The first-order valence-electron chi connectivity index (χ1n) is 6.96. The second-order valence-corrected chi connectivity index (χ2v) is 5.14. The fraction of sp³-hybridized carbons (Fsp3) is 0.267. The van der Waals surface area contributed by atoms with E-state index in [0.29, 0.717) is 6.04 Å². The average Bonchev–Trinajstić information content (AvgIpc) is 3.17. The predicted octanol–water partition coefficient (Wildman–Crippen LogP) is 2.66. The van der Waals surface area contributed by atoms with Crippen molar-refractivity contribution in [1.29, 1.82) is 0 Å². The van der Waals surface area contributed by atoms with E-state index in [1.807, 2.05) is 41.3 Å². The van der Waals surface area contributed by atoms with Gasteiger partial charge >= 0.3 is 0 Å². The van der Waals surface area contributed by atoms with Crippen LogP contribution in [0.25, 0.3) is 5.69 Å². The van der Waals surface area contributed by atoms with Gasteiger partial charge in [0.05, 0.1) is 30.0 Å². The van der Waals surface area contributed by atoms with Crippen LogP contribution < -0.4 is 5.32 Å². The van der Waals surface area contributed by atoms with Gasteiger partial charge in [0.15, 0.2) is 0 Å². The molecule has 21 heavy (non-hydrogen) atoms. The van der Waals surface area contributed by atoms with Gasteiger partial charge in [-0.15, -0.1) is 5.10 Å². The van der Waals surface area contributed by atoms with Crippen molar-refractivity contribution < 1.29 is 0 Å². The second-order valence-electron chi connectivity index (χ2n) is 5.14. The van der Waals surface area contributed by atoms with Gasteiger partial charge in [0.25, 0.3) is 0 Å². The van der Waals surface area contributed by atoms with Crippen molar-refractivity contribution in [3.05, 3.63) is 54.6 Å². The molecule has 0 fully saturated rings. The number of para-hydroxylation sites is 2. The van der Waals surface area contributed by atoms with Crippen molar-refractivity contribution in [2.75, 3.05) is 5.32 Å². The largest absolute Gasteiger partial charge is 0.379 e. The molecule has 0 aliphatic rings. The van der Waals surface area contributed by atoms with Crippen LogP contribution in [0.2, 0.25) is 0 Å². The third-order valence-electron chi connectivity index (χ3n) is 3.24. The molecule has 3 aromatic rings. The molecule has 0 amide bonds. The SMILES string of the molecule is CC(C)n1cc(CNc2ccccc2-n2ccnn2)cn1. The minimum absolute atomic E-state index is 0.376. The number of hydrogen-bond acceptors (Lipinski definition) is 4. The van der Waals surface area contributed by atoms with Crippen LogP contribution in [-0.4, -0.2) is 24.8 Å². The van der Waals surface area contributed by atoms with Crippen LogP contribution in [0, 0.1) is 0 Å². The maximum Gasteiger partial charge on any atom is 0.0894 e. The number of hydrogen-bond donors (Lipinski definition) is 1. The summed E-state index contributed by atoms with van der Waals surface area (Å²) in [6.07, 6.45) is 7.46. The summed E-state index contributed by atoms with van der Waals surface area (Å²) in [6.45, 7) is 4.95. The molecule has 108 valence electrons. The molecule has 2 aromatic heterocycles. The van der Waals surface area contributed by atoms with Gasteiger partial charge in [-0.2, -0.15) is 5.10 Å². The van der Waals surface area contributed by atoms with Crippen molar-refractivity contribution >= 4 is 5.69 Å². The minimum atomic E-state index is 0.376. The smallest absolute Gasteiger partial charge is 0.0894 e. The predicted molar refractivity (Wildman–Crippen MR) is 81.3 cm³/mol. The van der Waals surface area contributed by atoms with E-state index in [0.717, 1.165) is 23.5 Å². The van der Waals surface area contributed by atoms with Gasteiger partial charge in [0.2, 0.25) is 0 Å². The Morgan fingerprint density at radius 2 is 2.10 bits per heavy atom. The quantitative estimate of drug-likeness (QED) is 0.781. The van der Waals surface area contributed by atoms with Crippen molar-refractivity contribution in [3.8, 4) is 5.69 Å². The molecule has 1 N–H and O–H groups in total. The van der Waals surface area contributed by atoms with Crippen LogP contribution in [0.15, 0.2) is 49.1 Å². The standard InChI is InChI=1S/C15H18N6/c1-12(2)21-11-13(10-18-21)9-16-14-5-3-4-6-15(14)20-8-7-17-19-20/h3-8,10-12,16H,9H2,1-2H3. The normalized spacial score (nSPS) is 11.0. The number of nitrogens with zero attached hydrogens (tertiary/aromatic N) is 5. The van der Waals surface area contributed by atoms with Crippen molar-refractivity contribution in [3.63, 3.8) is 0 Å². The molecule has 0 atom stereocenters. The van der Waals surface area contributed by atoms with E-state index in [-0.39, 0.29) is 0 Å². The van der Waals surface area contributed by atoms with Gasteiger partial charge in [-0.25, -0.2) is 4.68 Å². The van der Waals surface area contributed by atoms with Gasteiger partial charge in [0.1, 0.15) is 0 Å². The van der Waals surface area contributed by atoms with Crippen molar-refractivity contribution in [1.82, 2.24) is 24.8 Å². The zero-order chi connectivity index (χ0) is 14.7. The summed E-state index contributed by atoms with van der Waals surface area (Å²) in [5.41, 5.74) is 3.14. The van der Waals surface area contributed by atoms with E-state index in [4.69, 9.17) is 0 Å². The van der Waals surface area contributed by atoms with Crippen molar-refractivity contribution in [2.45, 2.75) is 26.4 Å². The summed E-state index contributed by atoms with van der Waals surface area (Å²) in [5.74, 6) is 0. The molecule has 2 heterocycles. The lowest BCUT2D eigenvalue weighted by atomic mass is 10.2. The molecule has 0 saturated carbocycles. The van der Waals surface area contributed by atoms with E-state index in [1.54, 1.807) is 10.9 Å². The molecule has 1 aromatic carbocycles. The third-order valence-corrected chi connectivity index (χ3v) is 3.24. The van der Waals surface area contributed by atoms with Crippen LogP contribution >= 0.6 is 0 Å². The first kappa shape index (κ1) is 13.4.